The Bertz CT molecular complexity index is 2430. The normalized spacial score (nSPS) is 32.2. The van der Waals surface area contributed by atoms with Crippen molar-refractivity contribution >= 4 is 70.0 Å². The van der Waals surface area contributed by atoms with E-state index in [2.05, 4.69) is 216 Å². The molecule has 0 amide bonds. The van der Waals surface area contributed by atoms with Gasteiger partial charge in [-0.1, -0.05) is 147 Å². The van der Waals surface area contributed by atoms with Gasteiger partial charge in [0.05, 0.1) is 87.0 Å². The molecule has 20 heteroatoms. The van der Waals surface area contributed by atoms with E-state index in [0.29, 0.717) is 45.5 Å². The van der Waals surface area contributed by atoms with Crippen LogP contribution in [0.3, 0.4) is 0 Å². The van der Waals surface area contributed by atoms with E-state index >= 15 is 4.79 Å². The minimum absolute atomic E-state index is 0.00240. The number of rotatable bonds is 28. The molecule has 0 spiro atoms. The zero-order chi connectivity index (χ0) is 69.3. The molecule has 0 saturated carbocycles. The minimum atomic E-state index is -2.50. The fraction of sp³-hybridized carbons (Fsp3) is 0.903. The van der Waals surface area contributed by atoms with Gasteiger partial charge < -0.3 is 60.0 Å². The molecular formula is C72H135IO14Si5. The molecule has 0 aromatic carbocycles. The van der Waals surface area contributed by atoms with Crippen LogP contribution in [0.1, 0.15) is 188 Å². The van der Waals surface area contributed by atoms with Crippen molar-refractivity contribution in [3.8, 4) is 0 Å². The van der Waals surface area contributed by atoms with Gasteiger partial charge in [0.2, 0.25) is 0 Å². The van der Waals surface area contributed by atoms with Crippen LogP contribution in [-0.2, 0) is 64.8 Å². The number of fused-ring (bicyclic) bond motifs is 1. The van der Waals surface area contributed by atoms with E-state index in [1.54, 1.807) is 7.11 Å². The van der Waals surface area contributed by atoms with E-state index < -0.39 is 72.1 Å². The van der Waals surface area contributed by atoms with E-state index in [1.165, 1.54) is 0 Å². The molecule has 14 nitrogen and oxygen atoms in total. The van der Waals surface area contributed by atoms with Crippen LogP contribution < -0.4 is 0 Å². The van der Waals surface area contributed by atoms with Gasteiger partial charge in [-0.25, -0.2) is 0 Å². The first-order chi connectivity index (χ1) is 42.0. The molecule has 0 N–H and O–H groups in total. The van der Waals surface area contributed by atoms with Crippen molar-refractivity contribution in [3.05, 3.63) is 34.5 Å². The number of ketones is 1. The van der Waals surface area contributed by atoms with Crippen LogP contribution in [0.4, 0.5) is 0 Å². The minimum Gasteiger partial charge on any atom is -0.414 e. The molecule has 0 radical (unpaired) electrons. The summed E-state index contributed by atoms with van der Waals surface area (Å²) >= 11 is 2.32. The lowest BCUT2D eigenvalue weighted by Crippen LogP contribution is -2.69. The number of carbonyl (C=O) groups excluding carboxylic acids is 1. The summed E-state index contributed by atoms with van der Waals surface area (Å²) in [4.78, 5) is 15.4. The third-order valence-corrected chi connectivity index (χ3v) is 46.9. The number of halogens is 1. The average Bonchev–Trinajstić information content (AvgIpc) is 0.957. The molecule has 0 aromatic rings. The van der Waals surface area contributed by atoms with E-state index in [1.807, 2.05) is 0 Å². The van der Waals surface area contributed by atoms with Gasteiger partial charge in [-0.05, 0) is 163 Å². The van der Waals surface area contributed by atoms with Crippen LogP contribution in [0.25, 0.3) is 0 Å². The molecule has 0 aliphatic carbocycles. The van der Waals surface area contributed by atoms with Crippen LogP contribution in [0.5, 0.6) is 0 Å². The quantitative estimate of drug-likeness (QED) is 0.0417. The molecule has 17 atom stereocenters. The fourth-order valence-electron chi connectivity index (χ4n) is 12.8. The molecular weight excluding hydrogens is 1360 g/mol. The summed E-state index contributed by atoms with van der Waals surface area (Å²) in [5, 5.41) is -0.257. The van der Waals surface area contributed by atoms with Gasteiger partial charge >= 0.3 is 0 Å². The highest BCUT2D eigenvalue weighted by molar-refractivity contribution is 14.1. The predicted octanol–water partition coefficient (Wildman–Crippen LogP) is 18.4. The third kappa shape index (κ3) is 20.7. The highest BCUT2D eigenvalue weighted by atomic mass is 127. The molecule has 0 aromatic heterocycles. The number of Topliss-reactive ketones (excluding diaryl/α,β-unsaturated/α-hetero) is 1. The Morgan fingerprint density at radius 1 is 0.609 bits per heavy atom. The molecule has 6 rings (SSSR count). The summed E-state index contributed by atoms with van der Waals surface area (Å²) in [5.74, 6) is 0.0816. The smallest absolute Gasteiger partial charge is 0.193 e. The Hall–Kier alpha value is 0.184. The van der Waals surface area contributed by atoms with E-state index in [4.69, 9.17) is 66.6 Å². The summed E-state index contributed by atoms with van der Waals surface area (Å²) < 4.78 is 93.6. The maximum absolute atomic E-state index is 15.4. The molecule has 6 aliphatic heterocycles. The van der Waals surface area contributed by atoms with Crippen molar-refractivity contribution in [2.75, 3.05) is 26.9 Å². The zero-order valence-electron chi connectivity index (χ0n) is 63.2. The summed E-state index contributed by atoms with van der Waals surface area (Å²) in [5.41, 5.74) is 2.23. The molecule has 6 heterocycles. The molecule has 534 valence electrons. The highest BCUT2D eigenvalue weighted by Crippen LogP contribution is 2.50. The first-order valence-electron chi connectivity index (χ1n) is 35.6. The van der Waals surface area contributed by atoms with Crippen LogP contribution >= 0.6 is 22.6 Å². The van der Waals surface area contributed by atoms with Crippen molar-refractivity contribution in [3.63, 3.8) is 0 Å². The van der Waals surface area contributed by atoms with E-state index in [-0.39, 0.29) is 123 Å². The lowest BCUT2D eigenvalue weighted by molar-refractivity contribution is -0.266. The van der Waals surface area contributed by atoms with Crippen LogP contribution in [0, 0.1) is 11.8 Å². The Kier molecular flexibility index (Phi) is 27.9. The SMILES string of the molecule is C=C1C[C@H](CCC2OCCO2)O[C@H]1CC[C@H]1C[C@@H](C)C(=C)[C@@H](C[C@@H]2O[C@H](C[C@@H](CO[Si](C)(C)C(C)(C)C)O[Si](C)(C)C(C)(C)C)[C@H](OC)[C@H]2CC(=O)C[C@H]2CC[C@@H]3O[C@@H](C(/C=C/I)O[Si](C)(C)C(C)(C)C)C(O[Si](C)(C)C(C)(C)C)C(O[Si](C)(C)C(C)(C)C)[C@H]3O2)O1. The summed E-state index contributed by atoms with van der Waals surface area (Å²) in [6, 6.07) is 0. The van der Waals surface area contributed by atoms with Crippen LogP contribution in [-0.4, -0.2) is 172 Å². The average molecular weight is 1490 g/mol. The summed E-state index contributed by atoms with van der Waals surface area (Å²) in [6.07, 6.45) is 5.70. The van der Waals surface area contributed by atoms with Crippen molar-refractivity contribution < 1.29 is 64.8 Å². The monoisotopic (exact) mass is 1490 g/mol. The highest BCUT2D eigenvalue weighted by Gasteiger charge is 2.59. The Morgan fingerprint density at radius 2 is 1.15 bits per heavy atom. The lowest BCUT2D eigenvalue weighted by Gasteiger charge is -2.56. The topological polar surface area (TPSA) is 137 Å². The Balaban J connectivity index is 1.31. The number of ether oxygens (including phenoxy) is 8. The van der Waals surface area contributed by atoms with Crippen LogP contribution in [0.15, 0.2) is 34.5 Å². The van der Waals surface area contributed by atoms with Crippen molar-refractivity contribution in [1.82, 2.24) is 0 Å². The molecule has 6 aliphatic rings. The summed E-state index contributed by atoms with van der Waals surface area (Å²) in [6.45, 7) is 70.8. The van der Waals surface area contributed by atoms with Gasteiger partial charge in [0.1, 0.15) is 30.2 Å². The van der Waals surface area contributed by atoms with Gasteiger partial charge in [-0.2, -0.15) is 0 Å². The third-order valence-electron chi connectivity index (χ3n) is 24.0. The van der Waals surface area contributed by atoms with E-state index in [9.17, 15) is 0 Å². The Labute approximate surface area is 580 Å². The zero-order valence-corrected chi connectivity index (χ0v) is 70.3. The number of hydrogen-bond acceptors (Lipinski definition) is 14. The van der Waals surface area contributed by atoms with Gasteiger partial charge in [0.25, 0.3) is 0 Å². The first kappa shape index (κ1) is 81.2. The van der Waals surface area contributed by atoms with Crippen molar-refractivity contribution in [2.45, 2.75) is 376 Å². The molecule has 92 heavy (non-hydrogen) atoms. The maximum Gasteiger partial charge on any atom is 0.193 e. The standard InChI is InChI=1S/C72H135IO14Si5/c1-47-40-51(30-33-56-48(2)41-52(79-56)32-35-62-76-38-39-77-62)80-59(49(47)3)45-60-55(63(75-19)61(82-60)44-54(84-89(22,23)69(7,8)9)46-78-88(20,21)68(4,5)6)43-50(74)42-53-31-34-57-64(81-53)66(86-91(26,27)71(13,14)15)67(87-92(28,29)72(16,17)18)65(83-57)58(36-37-73)85-90(24,25)70(10,11)12/h36-37,47,51-67H,2-3,30-35,38-46H2,1,4-29H3/b37-36+/t47-,51+,52+,53-,54+,55+,56+,57+,58?,59-,60+,61-,63-,64+,65+,66?,67?/m1/s1. The fourth-order valence-corrected chi connectivity index (χ4v) is 19.5. The maximum atomic E-state index is 15.4. The number of carbonyl (C=O) groups is 1. The molecule has 0 bridgehead atoms. The number of methoxy groups -OCH3 is 1. The summed E-state index contributed by atoms with van der Waals surface area (Å²) in [7, 11) is -10.0. The van der Waals surface area contributed by atoms with Gasteiger partial charge in [0.15, 0.2) is 47.9 Å². The first-order valence-corrected chi connectivity index (χ1v) is 51.3. The second-order valence-corrected chi connectivity index (χ2v) is 60.8. The Morgan fingerprint density at radius 3 is 1.71 bits per heavy atom. The van der Waals surface area contributed by atoms with Crippen molar-refractivity contribution in [1.29, 1.82) is 0 Å². The van der Waals surface area contributed by atoms with E-state index in [0.717, 1.165) is 49.7 Å². The van der Waals surface area contributed by atoms with Gasteiger partial charge in [-0.15, -0.1) is 0 Å². The second-order valence-electron chi connectivity index (χ2n) is 36.2. The van der Waals surface area contributed by atoms with Gasteiger partial charge in [-0.3, -0.25) is 4.79 Å². The van der Waals surface area contributed by atoms with Gasteiger partial charge in [0, 0.05) is 45.1 Å². The lowest BCUT2D eigenvalue weighted by atomic mass is 9.81. The second kappa shape index (κ2) is 31.6. The van der Waals surface area contributed by atoms with Crippen molar-refractivity contribution in [2.24, 2.45) is 11.8 Å². The molecule has 6 fully saturated rings. The molecule has 3 unspecified atom stereocenters. The number of hydrogen-bond donors (Lipinski definition) is 0. The molecule has 6 saturated heterocycles. The predicted molar refractivity (Wildman–Crippen MR) is 396 cm³/mol. The largest absolute Gasteiger partial charge is 0.414 e. The van der Waals surface area contributed by atoms with Crippen LogP contribution in [0.2, 0.25) is 90.7 Å².